The molecule has 0 aromatic rings. The Morgan fingerprint density at radius 1 is 0.435 bits per heavy atom. The molecule has 0 heterocycles. The largest absolute Gasteiger partial charge is 0.472 e. The van der Waals surface area contributed by atoms with Gasteiger partial charge in [-0.05, 0) is 96.8 Å². The van der Waals surface area contributed by atoms with Gasteiger partial charge in [-0.15, -0.1) is 0 Å². The van der Waals surface area contributed by atoms with Gasteiger partial charge in [0.15, 0.2) is 6.10 Å². The Balaban J connectivity index is 4.15. The highest BCUT2D eigenvalue weighted by Crippen LogP contribution is 2.43. The number of hydrogen-bond donors (Lipinski definition) is 1. The molecule has 0 aliphatic heterocycles. The average Bonchev–Trinajstić information content (AvgIpc) is 3.25. The predicted octanol–water partition coefficient (Wildman–Crippen LogP) is 15.6. The second kappa shape index (κ2) is 46.9. The first kappa shape index (κ1) is 58.5. The number of esters is 2. The number of rotatable bonds is 42. The summed E-state index contributed by atoms with van der Waals surface area (Å²) in [7, 11) is -4.31. The van der Waals surface area contributed by atoms with E-state index in [4.69, 9.17) is 18.5 Å². The zero-order valence-corrected chi connectivity index (χ0v) is 39.9. The van der Waals surface area contributed by atoms with Gasteiger partial charge in [-0.2, -0.15) is 0 Å². The lowest BCUT2D eigenvalue weighted by atomic mass is 10.1. The van der Waals surface area contributed by atoms with Crippen molar-refractivity contribution in [2.24, 2.45) is 0 Å². The lowest BCUT2D eigenvalue weighted by Crippen LogP contribution is -2.29. The maximum absolute atomic E-state index is 12.6. The third kappa shape index (κ3) is 46.0. The number of hydrogen-bond acceptors (Lipinski definition) is 7. The summed E-state index contributed by atoms with van der Waals surface area (Å²) in [5.41, 5.74) is 0. The summed E-state index contributed by atoms with van der Waals surface area (Å²) in [4.78, 5) is 34.8. The summed E-state index contributed by atoms with van der Waals surface area (Å²) in [5, 5.41) is 0. The van der Waals surface area contributed by atoms with Crippen LogP contribution >= 0.6 is 7.82 Å². The molecule has 8 nitrogen and oxygen atoms in total. The molecule has 0 aliphatic carbocycles. The van der Waals surface area contributed by atoms with Crippen molar-refractivity contribution >= 4 is 19.8 Å². The maximum Gasteiger partial charge on any atom is 0.472 e. The van der Waals surface area contributed by atoms with E-state index < -0.39 is 32.5 Å². The summed E-state index contributed by atoms with van der Waals surface area (Å²) in [5.74, 6) is -0.911. The van der Waals surface area contributed by atoms with Crippen LogP contribution in [-0.4, -0.2) is 42.8 Å². The van der Waals surface area contributed by atoms with Crippen molar-refractivity contribution in [3.05, 3.63) is 122 Å². The molecular formula is C53H85O8P. The zero-order valence-electron chi connectivity index (χ0n) is 39.0. The van der Waals surface area contributed by atoms with Crippen LogP contribution in [0.1, 0.15) is 175 Å². The molecule has 2 atom stereocenters. The number of carbonyl (C=O) groups excluding carboxylic acids is 2. The SMILES string of the molecule is CC/C=C\C/C=C\C/C=C\C/C=C\C/C=C\C/C=C\CCC(=O)OC(COC(=O)CCCCCCCCCCCC/C=C\C/C=C\C/C=C\C/C=C\CC)COP(=O)(O)OCC. The van der Waals surface area contributed by atoms with E-state index in [1.165, 1.54) is 38.5 Å². The van der Waals surface area contributed by atoms with E-state index in [2.05, 4.69) is 123 Å². The summed E-state index contributed by atoms with van der Waals surface area (Å²) in [6.07, 6.45) is 65.6. The Bertz CT molecular complexity index is 1410. The Hall–Kier alpha value is -3.55. The van der Waals surface area contributed by atoms with Crippen molar-refractivity contribution in [3.8, 4) is 0 Å². The summed E-state index contributed by atoms with van der Waals surface area (Å²) >= 11 is 0. The number of unbranched alkanes of at least 4 members (excludes halogenated alkanes) is 10. The number of phosphoric ester groups is 1. The minimum Gasteiger partial charge on any atom is -0.462 e. The lowest BCUT2D eigenvalue weighted by Gasteiger charge is -2.19. The van der Waals surface area contributed by atoms with Crippen molar-refractivity contribution in [2.45, 2.75) is 181 Å². The van der Waals surface area contributed by atoms with E-state index in [1.807, 2.05) is 12.2 Å². The van der Waals surface area contributed by atoms with E-state index in [0.717, 1.165) is 96.3 Å². The third-order valence-corrected chi connectivity index (χ3v) is 10.3. The van der Waals surface area contributed by atoms with Crippen molar-refractivity contribution in [3.63, 3.8) is 0 Å². The Kier molecular flexibility index (Phi) is 44.3. The van der Waals surface area contributed by atoms with Crippen LogP contribution in [0.15, 0.2) is 122 Å². The minimum absolute atomic E-state index is 0.0209. The molecule has 0 aliphatic rings. The standard InChI is InChI=1S/C53H85O8P/c1-4-7-9-11-13-15-17-19-21-23-25-26-27-28-30-31-33-35-37-39-41-43-45-47-52(54)58-49-51(50-60-62(56,57)59-6-3)61-53(55)48-46-44-42-40-38-36-34-32-29-24-22-20-18-16-14-12-10-8-5-2/h7-10,13-16,19-22,25-26,29,32,36,38,42,44,51H,4-6,11-12,17-18,23-24,27-28,30-31,33-35,37,39-41,43,45-50H2,1-3H3,(H,56,57)/b9-7-,10-8-,15-13-,16-14-,21-19-,22-20-,26-25-,32-29-,38-36-,44-42-. The lowest BCUT2D eigenvalue weighted by molar-refractivity contribution is -0.161. The molecule has 0 aromatic heterocycles. The first-order valence-corrected chi connectivity index (χ1v) is 25.3. The van der Waals surface area contributed by atoms with Crippen molar-refractivity contribution in [2.75, 3.05) is 19.8 Å². The van der Waals surface area contributed by atoms with Crippen molar-refractivity contribution in [1.29, 1.82) is 0 Å². The first-order valence-electron chi connectivity index (χ1n) is 23.8. The number of carbonyl (C=O) groups is 2. The van der Waals surface area contributed by atoms with Gasteiger partial charge < -0.3 is 14.4 Å². The molecule has 0 fully saturated rings. The summed E-state index contributed by atoms with van der Waals surface area (Å²) in [6.45, 7) is 5.14. The molecule has 0 bridgehead atoms. The van der Waals surface area contributed by atoms with Crippen LogP contribution in [0.3, 0.4) is 0 Å². The van der Waals surface area contributed by atoms with Crippen LogP contribution in [0.4, 0.5) is 0 Å². The third-order valence-electron chi connectivity index (χ3n) is 9.28. The molecule has 0 spiro atoms. The normalized spacial score (nSPS) is 14.3. The Morgan fingerprint density at radius 3 is 1.23 bits per heavy atom. The second-order valence-electron chi connectivity index (χ2n) is 15.0. The van der Waals surface area contributed by atoms with Gasteiger partial charge in [-0.1, -0.05) is 187 Å². The van der Waals surface area contributed by atoms with E-state index in [0.29, 0.717) is 6.42 Å². The Morgan fingerprint density at radius 2 is 0.806 bits per heavy atom. The van der Waals surface area contributed by atoms with E-state index in [9.17, 15) is 19.0 Å². The molecule has 0 aromatic carbocycles. The molecule has 9 heteroatoms. The van der Waals surface area contributed by atoms with Gasteiger partial charge in [0.2, 0.25) is 0 Å². The van der Waals surface area contributed by atoms with Gasteiger partial charge in [-0.3, -0.25) is 18.6 Å². The van der Waals surface area contributed by atoms with Gasteiger partial charge in [-0.25, -0.2) is 4.57 Å². The number of allylic oxidation sites excluding steroid dienone is 20. The first-order chi connectivity index (χ1) is 30.3. The van der Waals surface area contributed by atoms with E-state index >= 15 is 0 Å². The van der Waals surface area contributed by atoms with E-state index in [1.54, 1.807) is 6.92 Å². The fourth-order valence-corrected chi connectivity index (χ4v) is 6.64. The van der Waals surface area contributed by atoms with Crippen LogP contribution in [0.5, 0.6) is 0 Å². The maximum atomic E-state index is 12.6. The summed E-state index contributed by atoms with van der Waals surface area (Å²) in [6, 6.07) is 0. The second-order valence-corrected chi connectivity index (χ2v) is 16.5. The quantitative estimate of drug-likeness (QED) is 0.0279. The monoisotopic (exact) mass is 881 g/mol. The van der Waals surface area contributed by atoms with Gasteiger partial charge in [0.25, 0.3) is 0 Å². The fraction of sp³-hybridized carbons (Fsp3) is 0.585. The topological polar surface area (TPSA) is 108 Å². The molecular weight excluding hydrogens is 796 g/mol. The average molecular weight is 881 g/mol. The molecule has 2 unspecified atom stereocenters. The van der Waals surface area contributed by atoms with Crippen LogP contribution in [-0.2, 0) is 32.7 Å². The van der Waals surface area contributed by atoms with Crippen LogP contribution in [0.2, 0.25) is 0 Å². The molecule has 62 heavy (non-hydrogen) atoms. The van der Waals surface area contributed by atoms with Crippen molar-refractivity contribution < 1.29 is 37.6 Å². The number of phosphoric acid groups is 1. The van der Waals surface area contributed by atoms with Crippen LogP contribution in [0.25, 0.3) is 0 Å². The highest BCUT2D eigenvalue weighted by Gasteiger charge is 2.25. The van der Waals surface area contributed by atoms with E-state index in [-0.39, 0.29) is 26.1 Å². The molecule has 0 rings (SSSR count). The molecule has 1 N–H and O–H groups in total. The Labute approximate surface area is 378 Å². The summed E-state index contributed by atoms with van der Waals surface area (Å²) < 4.78 is 32.6. The molecule has 0 saturated carbocycles. The molecule has 0 radical (unpaired) electrons. The predicted molar refractivity (Wildman–Crippen MR) is 262 cm³/mol. The zero-order chi connectivity index (χ0) is 45.3. The van der Waals surface area contributed by atoms with Crippen LogP contribution in [0, 0.1) is 0 Å². The highest BCUT2D eigenvalue weighted by molar-refractivity contribution is 7.47. The van der Waals surface area contributed by atoms with Gasteiger partial charge >= 0.3 is 19.8 Å². The van der Waals surface area contributed by atoms with Gasteiger partial charge in [0.05, 0.1) is 13.2 Å². The van der Waals surface area contributed by atoms with Gasteiger partial charge in [0, 0.05) is 12.8 Å². The van der Waals surface area contributed by atoms with Crippen LogP contribution < -0.4 is 0 Å². The van der Waals surface area contributed by atoms with Gasteiger partial charge in [0.1, 0.15) is 6.61 Å². The fourth-order valence-electron chi connectivity index (χ4n) is 5.88. The van der Waals surface area contributed by atoms with Crippen molar-refractivity contribution in [1.82, 2.24) is 0 Å². The smallest absolute Gasteiger partial charge is 0.462 e. The molecule has 0 amide bonds. The minimum atomic E-state index is -4.31. The highest BCUT2D eigenvalue weighted by atomic mass is 31.2. The molecule has 0 saturated heterocycles. The molecule has 350 valence electrons. The number of ether oxygens (including phenoxy) is 2.